The zero-order valence-corrected chi connectivity index (χ0v) is 18.1. The molecule has 212 valence electrons. The second-order valence-corrected chi connectivity index (χ2v) is 7.37. The number of nitrogens with two attached hydrogens (primary N) is 2. The van der Waals surface area contributed by atoms with Crippen molar-refractivity contribution in [1.29, 1.82) is 0 Å². The molecule has 0 aliphatic rings. The van der Waals surface area contributed by atoms with Gasteiger partial charge in [-0.05, 0) is 12.1 Å². The lowest BCUT2D eigenvalue weighted by molar-refractivity contribution is -0.140. The van der Waals surface area contributed by atoms with Gasteiger partial charge in [0.1, 0.15) is 28.2 Å². The molecule has 0 aromatic heterocycles. The minimum atomic E-state index is -5.71. The quantitative estimate of drug-likeness (QED) is 0.239. The van der Waals surface area contributed by atoms with Gasteiger partial charge in [-0.15, -0.1) is 0 Å². The Morgan fingerprint density at radius 2 is 0.923 bits per heavy atom. The van der Waals surface area contributed by atoms with Crippen molar-refractivity contribution >= 4 is 11.4 Å². The summed E-state index contributed by atoms with van der Waals surface area (Å²) in [6.45, 7) is 0. The van der Waals surface area contributed by atoms with Crippen LogP contribution in [-0.2, 0) is 18.5 Å². The van der Waals surface area contributed by atoms with E-state index in [0.29, 0.717) is 0 Å². The Hall–Kier alpha value is -4.12. The zero-order valence-electron chi connectivity index (χ0n) is 18.1. The van der Waals surface area contributed by atoms with Gasteiger partial charge < -0.3 is 20.9 Å². The van der Waals surface area contributed by atoms with Crippen LogP contribution in [0.15, 0.2) is 24.3 Å². The first-order valence-electron chi connectivity index (χ1n) is 9.60. The van der Waals surface area contributed by atoms with E-state index in [1.54, 1.807) is 0 Å². The van der Waals surface area contributed by atoms with Crippen LogP contribution in [0.3, 0.4) is 0 Å². The summed E-state index contributed by atoms with van der Waals surface area (Å²) in [5.41, 5.74) is -0.877. The second-order valence-electron chi connectivity index (χ2n) is 7.37. The number of ether oxygens (including phenoxy) is 2. The van der Waals surface area contributed by atoms with Gasteiger partial charge in [0, 0.05) is 12.1 Å². The van der Waals surface area contributed by atoms with E-state index in [-0.39, 0.29) is 18.2 Å². The summed E-state index contributed by atoms with van der Waals surface area (Å²) in [5.74, 6) is -18.8. The first-order valence-corrected chi connectivity index (χ1v) is 9.60. The number of nitrogen functional groups attached to an aromatic ring is 2. The normalized spacial score (nSPS) is 12.6. The van der Waals surface area contributed by atoms with Crippen molar-refractivity contribution in [1.82, 2.24) is 0 Å². The predicted octanol–water partition coefficient (Wildman–Crippen LogP) is 8.19. The summed E-state index contributed by atoms with van der Waals surface area (Å²) in [5, 5.41) is 0. The highest BCUT2D eigenvalue weighted by Gasteiger charge is 2.43. The molecule has 0 bridgehead atoms. The first-order chi connectivity index (χ1) is 17.7. The molecule has 0 spiro atoms. The molecular weight excluding hydrogens is 578 g/mol. The molecule has 4 N–H and O–H groups in total. The van der Waals surface area contributed by atoms with E-state index in [1.165, 1.54) is 0 Å². The number of anilines is 2. The van der Waals surface area contributed by atoms with Crippen molar-refractivity contribution in [2.45, 2.75) is 18.5 Å². The van der Waals surface area contributed by atoms with Crippen molar-refractivity contribution in [2.24, 2.45) is 0 Å². The Kier molecular flexibility index (Phi) is 7.22. The van der Waals surface area contributed by atoms with Gasteiger partial charge in [-0.3, -0.25) is 0 Å². The number of halogens is 14. The summed E-state index contributed by atoms with van der Waals surface area (Å²) in [6.07, 6.45) is -16.9. The molecule has 18 heteroatoms. The van der Waals surface area contributed by atoms with Gasteiger partial charge in [-0.25, -0.2) is 17.6 Å². The summed E-state index contributed by atoms with van der Waals surface area (Å²) >= 11 is 0. The lowest BCUT2D eigenvalue weighted by Gasteiger charge is -2.21. The fourth-order valence-electron chi connectivity index (χ4n) is 3.16. The second kappa shape index (κ2) is 9.57. The summed E-state index contributed by atoms with van der Waals surface area (Å²) < 4.78 is 199. The van der Waals surface area contributed by atoms with Crippen LogP contribution in [0.4, 0.5) is 72.8 Å². The molecule has 0 aliphatic carbocycles. The highest BCUT2D eigenvalue weighted by molar-refractivity contribution is 5.61. The van der Waals surface area contributed by atoms with Gasteiger partial charge in [-0.1, -0.05) is 0 Å². The molecule has 39 heavy (non-hydrogen) atoms. The summed E-state index contributed by atoms with van der Waals surface area (Å²) in [4.78, 5) is 0. The van der Waals surface area contributed by atoms with Gasteiger partial charge >= 0.3 is 18.5 Å². The van der Waals surface area contributed by atoms with E-state index < -0.39 is 105 Å². The Bertz CT molecular complexity index is 1450. The molecule has 0 amide bonds. The van der Waals surface area contributed by atoms with Crippen LogP contribution in [0.5, 0.6) is 23.0 Å². The molecule has 0 heterocycles. The minimum Gasteiger partial charge on any atom is -0.453 e. The molecule has 0 saturated heterocycles. The predicted molar refractivity (Wildman–Crippen MR) is 103 cm³/mol. The molecule has 0 atom stereocenters. The van der Waals surface area contributed by atoms with Crippen LogP contribution >= 0.6 is 0 Å². The van der Waals surface area contributed by atoms with E-state index in [9.17, 15) is 57.1 Å². The number of alkyl halides is 9. The molecule has 0 aliphatic heterocycles. The number of hydrogen-bond acceptors (Lipinski definition) is 4. The van der Waals surface area contributed by atoms with Gasteiger partial charge in [0.15, 0.2) is 34.8 Å². The zero-order chi connectivity index (χ0) is 29.8. The third-order valence-electron chi connectivity index (χ3n) is 4.81. The van der Waals surface area contributed by atoms with Crippen molar-refractivity contribution in [3.8, 4) is 23.0 Å². The molecule has 3 rings (SSSR count). The van der Waals surface area contributed by atoms with E-state index in [0.717, 1.165) is 0 Å². The fourth-order valence-corrected chi connectivity index (χ4v) is 3.16. The van der Waals surface area contributed by atoms with Crippen LogP contribution in [0.2, 0.25) is 0 Å². The highest BCUT2D eigenvalue weighted by atomic mass is 19.4. The van der Waals surface area contributed by atoms with Crippen LogP contribution in [0, 0.1) is 29.1 Å². The van der Waals surface area contributed by atoms with Crippen molar-refractivity contribution in [3.63, 3.8) is 0 Å². The SMILES string of the molecule is Nc1c(F)c(F)cc(Oc2ccc(C(F)(F)F)c(Oc3cc(F)c(F)c(N)c3C(F)(F)F)c2F)c1C(F)(F)F. The molecule has 0 fully saturated rings. The van der Waals surface area contributed by atoms with Crippen molar-refractivity contribution in [3.05, 3.63) is 70.0 Å². The minimum absolute atomic E-state index is 0.0207. The van der Waals surface area contributed by atoms with Crippen LogP contribution in [0.25, 0.3) is 0 Å². The van der Waals surface area contributed by atoms with Gasteiger partial charge in [0.05, 0.1) is 11.4 Å². The van der Waals surface area contributed by atoms with Crippen LogP contribution in [0.1, 0.15) is 16.7 Å². The van der Waals surface area contributed by atoms with Crippen LogP contribution < -0.4 is 20.9 Å². The standard InChI is InChI=1S/C21H8F14N2O2/c22-6-3-9(11(20(30,31)32)16(36)13(6)24)38-8-2-1-5(19(27,28)29)18(15(8)26)39-10-4-7(23)14(25)17(37)12(10)21(33,34)35/h1-4H,36-37H2. The maximum atomic E-state index is 15.1. The lowest BCUT2D eigenvalue weighted by atomic mass is 10.1. The van der Waals surface area contributed by atoms with E-state index in [1.807, 2.05) is 0 Å². The first kappa shape index (κ1) is 29.4. The number of benzene rings is 3. The van der Waals surface area contributed by atoms with E-state index in [2.05, 4.69) is 9.47 Å². The molecule has 0 unspecified atom stereocenters. The Balaban J connectivity index is 2.28. The van der Waals surface area contributed by atoms with Crippen molar-refractivity contribution < 1.29 is 70.9 Å². The average molecular weight is 586 g/mol. The Morgan fingerprint density at radius 3 is 1.31 bits per heavy atom. The molecule has 3 aromatic carbocycles. The smallest absolute Gasteiger partial charge is 0.422 e. The average Bonchev–Trinajstić information content (AvgIpc) is 2.75. The topological polar surface area (TPSA) is 70.5 Å². The third-order valence-corrected chi connectivity index (χ3v) is 4.81. The third kappa shape index (κ3) is 5.53. The summed E-state index contributed by atoms with van der Waals surface area (Å²) in [6, 6.07) is -0.822. The number of rotatable bonds is 4. The lowest BCUT2D eigenvalue weighted by Crippen LogP contribution is -2.15. The Morgan fingerprint density at radius 1 is 0.513 bits per heavy atom. The molecule has 3 aromatic rings. The maximum Gasteiger partial charge on any atom is 0.422 e. The monoisotopic (exact) mass is 586 g/mol. The largest absolute Gasteiger partial charge is 0.453 e. The Labute approximate surface area is 206 Å². The molecular formula is C21H8F14N2O2. The van der Waals surface area contributed by atoms with E-state index >= 15 is 4.39 Å². The van der Waals surface area contributed by atoms with Gasteiger partial charge in [-0.2, -0.15) is 43.9 Å². The van der Waals surface area contributed by atoms with E-state index in [4.69, 9.17) is 11.5 Å². The summed E-state index contributed by atoms with van der Waals surface area (Å²) in [7, 11) is 0. The fraction of sp³-hybridized carbons (Fsp3) is 0.143. The van der Waals surface area contributed by atoms with Gasteiger partial charge in [0.25, 0.3) is 0 Å². The molecule has 0 radical (unpaired) electrons. The molecule has 4 nitrogen and oxygen atoms in total. The highest BCUT2D eigenvalue weighted by Crippen LogP contribution is 2.49. The number of hydrogen-bond donors (Lipinski definition) is 2. The maximum absolute atomic E-state index is 15.1. The van der Waals surface area contributed by atoms with Crippen molar-refractivity contribution in [2.75, 3.05) is 11.5 Å². The molecule has 0 saturated carbocycles. The van der Waals surface area contributed by atoms with Gasteiger partial charge in [0.2, 0.25) is 5.82 Å². The van der Waals surface area contributed by atoms with Crippen LogP contribution in [-0.4, -0.2) is 0 Å².